The van der Waals surface area contributed by atoms with Gasteiger partial charge in [0.25, 0.3) is 0 Å². The van der Waals surface area contributed by atoms with Crippen molar-refractivity contribution in [1.29, 1.82) is 0 Å². The third-order valence-corrected chi connectivity index (χ3v) is 2.39. The summed E-state index contributed by atoms with van der Waals surface area (Å²) in [5, 5.41) is 0. The van der Waals surface area contributed by atoms with Gasteiger partial charge in [-0.2, -0.15) is 0 Å². The zero-order chi connectivity index (χ0) is 8.65. The first-order valence-electron chi connectivity index (χ1n) is 4.35. The number of rotatable bonds is 2. The van der Waals surface area contributed by atoms with Crippen LogP contribution in [0.4, 0.5) is 0 Å². The van der Waals surface area contributed by atoms with Crippen molar-refractivity contribution in [2.45, 2.75) is 39.7 Å². The van der Waals surface area contributed by atoms with Crippen molar-refractivity contribution in [2.24, 2.45) is 5.41 Å². The molecule has 0 heterocycles. The van der Waals surface area contributed by atoms with Crippen LogP contribution in [-0.2, 0) is 0 Å². The number of allylic oxidation sites excluding steroid dienone is 1. The predicted molar refractivity (Wildman–Crippen MR) is 49.4 cm³/mol. The molecular formula is C10H19N. The van der Waals surface area contributed by atoms with Crippen LogP contribution in [0.15, 0.2) is 12.3 Å². The summed E-state index contributed by atoms with van der Waals surface area (Å²) in [5.41, 5.74) is 1.50. The van der Waals surface area contributed by atoms with Crippen LogP contribution >= 0.6 is 0 Å². The molecule has 1 nitrogen and oxygen atoms in total. The topological polar surface area (TPSA) is 3.24 Å². The smallest absolute Gasteiger partial charge is 0.0285 e. The first-order valence-corrected chi connectivity index (χ1v) is 4.35. The second-order valence-electron chi connectivity index (χ2n) is 4.54. The summed E-state index contributed by atoms with van der Waals surface area (Å²) in [6.07, 6.45) is 2.71. The largest absolute Gasteiger partial charge is 0.375 e. The van der Waals surface area contributed by atoms with E-state index < -0.39 is 0 Å². The average Bonchev–Trinajstić information content (AvgIpc) is 2.63. The Labute approximate surface area is 70.1 Å². The molecule has 1 rings (SSSR count). The fraction of sp³-hybridized carbons (Fsp3) is 0.800. The maximum atomic E-state index is 4.11. The van der Waals surface area contributed by atoms with Crippen LogP contribution in [0, 0.1) is 5.41 Å². The van der Waals surface area contributed by atoms with Crippen LogP contribution in [0.3, 0.4) is 0 Å². The van der Waals surface area contributed by atoms with Crippen molar-refractivity contribution in [3.8, 4) is 0 Å². The number of nitrogens with zero attached hydrogens (tertiary/aromatic N) is 1. The fourth-order valence-corrected chi connectivity index (χ4v) is 1.21. The van der Waals surface area contributed by atoms with Crippen LogP contribution in [0.5, 0.6) is 0 Å². The van der Waals surface area contributed by atoms with Gasteiger partial charge in [-0.05, 0) is 12.8 Å². The molecule has 11 heavy (non-hydrogen) atoms. The van der Waals surface area contributed by atoms with Crippen LogP contribution in [0.1, 0.15) is 33.6 Å². The van der Waals surface area contributed by atoms with Crippen molar-refractivity contribution in [2.75, 3.05) is 7.05 Å². The molecule has 1 saturated carbocycles. The summed E-state index contributed by atoms with van der Waals surface area (Å²) in [6.45, 7) is 10.8. The lowest BCUT2D eigenvalue weighted by atomic mass is 9.92. The van der Waals surface area contributed by atoms with Gasteiger partial charge in [0.15, 0.2) is 0 Å². The molecule has 1 fully saturated rings. The molecule has 0 amide bonds. The Hall–Kier alpha value is -0.460. The third-order valence-electron chi connectivity index (χ3n) is 2.39. The minimum absolute atomic E-state index is 0.233. The van der Waals surface area contributed by atoms with Gasteiger partial charge >= 0.3 is 0 Å². The van der Waals surface area contributed by atoms with Crippen LogP contribution in [-0.4, -0.2) is 18.0 Å². The van der Waals surface area contributed by atoms with E-state index in [4.69, 9.17) is 0 Å². The van der Waals surface area contributed by atoms with Gasteiger partial charge in [0, 0.05) is 24.2 Å². The van der Waals surface area contributed by atoms with Gasteiger partial charge in [-0.25, -0.2) is 0 Å². The molecule has 0 aromatic rings. The Kier molecular flexibility index (Phi) is 2.00. The van der Waals surface area contributed by atoms with E-state index in [1.807, 2.05) is 0 Å². The van der Waals surface area contributed by atoms with E-state index in [1.165, 1.54) is 18.5 Å². The normalized spacial score (nSPS) is 18.2. The van der Waals surface area contributed by atoms with Gasteiger partial charge < -0.3 is 4.90 Å². The standard InChI is InChI=1S/C10H19N/c1-8(10(2,3)4)11(5)9-6-7-9/h9H,1,6-7H2,2-5H3. The van der Waals surface area contributed by atoms with E-state index >= 15 is 0 Å². The molecule has 64 valence electrons. The highest BCUT2D eigenvalue weighted by Crippen LogP contribution is 2.34. The molecule has 1 aliphatic carbocycles. The van der Waals surface area contributed by atoms with Crippen LogP contribution < -0.4 is 0 Å². The van der Waals surface area contributed by atoms with E-state index in [-0.39, 0.29) is 5.41 Å². The van der Waals surface area contributed by atoms with Gasteiger partial charge in [0.2, 0.25) is 0 Å². The SMILES string of the molecule is C=C(N(C)C1CC1)C(C)(C)C. The van der Waals surface area contributed by atoms with Gasteiger partial charge in [-0.3, -0.25) is 0 Å². The van der Waals surface area contributed by atoms with Crippen LogP contribution in [0.25, 0.3) is 0 Å². The zero-order valence-electron chi connectivity index (χ0n) is 8.15. The molecule has 0 radical (unpaired) electrons. The summed E-state index contributed by atoms with van der Waals surface area (Å²) in [6, 6.07) is 0.793. The predicted octanol–water partition coefficient (Wildman–Crippen LogP) is 2.64. The molecule has 0 aromatic heterocycles. The summed E-state index contributed by atoms with van der Waals surface area (Å²) >= 11 is 0. The minimum atomic E-state index is 0.233. The van der Waals surface area contributed by atoms with Gasteiger partial charge in [0.05, 0.1) is 0 Å². The average molecular weight is 153 g/mol. The Balaban J connectivity index is 2.52. The Morgan fingerprint density at radius 2 is 1.82 bits per heavy atom. The third kappa shape index (κ3) is 1.98. The molecule has 1 heteroatoms. The molecule has 0 atom stereocenters. The summed E-state index contributed by atoms with van der Waals surface area (Å²) < 4.78 is 0. The van der Waals surface area contributed by atoms with E-state index in [1.54, 1.807) is 0 Å². The van der Waals surface area contributed by atoms with Crippen molar-refractivity contribution < 1.29 is 0 Å². The van der Waals surface area contributed by atoms with E-state index in [9.17, 15) is 0 Å². The second kappa shape index (κ2) is 2.54. The molecule has 0 spiro atoms. The zero-order valence-corrected chi connectivity index (χ0v) is 8.15. The van der Waals surface area contributed by atoms with Gasteiger partial charge in [-0.1, -0.05) is 27.4 Å². The fourth-order valence-electron chi connectivity index (χ4n) is 1.21. The number of hydrogen-bond acceptors (Lipinski definition) is 1. The Morgan fingerprint density at radius 1 is 1.36 bits per heavy atom. The van der Waals surface area contributed by atoms with E-state index in [0.717, 1.165) is 6.04 Å². The van der Waals surface area contributed by atoms with Crippen molar-refractivity contribution in [3.63, 3.8) is 0 Å². The minimum Gasteiger partial charge on any atom is -0.375 e. The molecule has 0 unspecified atom stereocenters. The molecule has 0 aliphatic heterocycles. The highest BCUT2D eigenvalue weighted by atomic mass is 15.2. The summed E-state index contributed by atoms with van der Waals surface area (Å²) in [7, 11) is 2.16. The molecule has 0 saturated heterocycles. The first-order chi connectivity index (χ1) is 4.93. The lowest BCUT2D eigenvalue weighted by Crippen LogP contribution is -2.27. The van der Waals surface area contributed by atoms with Gasteiger partial charge in [0.1, 0.15) is 0 Å². The second-order valence-corrected chi connectivity index (χ2v) is 4.54. The first kappa shape index (κ1) is 8.63. The Morgan fingerprint density at radius 3 is 2.09 bits per heavy atom. The molecule has 1 aliphatic rings. The molecule has 0 aromatic carbocycles. The quantitative estimate of drug-likeness (QED) is 0.589. The van der Waals surface area contributed by atoms with Crippen molar-refractivity contribution in [1.82, 2.24) is 4.90 Å². The van der Waals surface area contributed by atoms with Gasteiger partial charge in [-0.15, -0.1) is 0 Å². The van der Waals surface area contributed by atoms with Crippen LogP contribution in [0.2, 0.25) is 0 Å². The number of hydrogen-bond donors (Lipinski definition) is 0. The molecular weight excluding hydrogens is 134 g/mol. The Bertz CT molecular complexity index is 160. The molecule has 0 bridgehead atoms. The highest BCUT2D eigenvalue weighted by molar-refractivity contribution is 5.07. The molecule has 0 N–H and O–H groups in total. The van der Waals surface area contributed by atoms with Crippen molar-refractivity contribution in [3.05, 3.63) is 12.3 Å². The maximum absolute atomic E-state index is 4.11. The van der Waals surface area contributed by atoms with Crippen molar-refractivity contribution >= 4 is 0 Å². The van der Waals surface area contributed by atoms with E-state index in [0.29, 0.717) is 0 Å². The lowest BCUT2D eigenvalue weighted by Gasteiger charge is -2.31. The summed E-state index contributed by atoms with van der Waals surface area (Å²) in [4.78, 5) is 2.33. The highest BCUT2D eigenvalue weighted by Gasteiger charge is 2.30. The summed E-state index contributed by atoms with van der Waals surface area (Å²) in [5.74, 6) is 0. The maximum Gasteiger partial charge on any atom is 0.0285 e. The lowest BCUT2D eigenvalue weighted by molar-refractivity contribution is 0.305. The van der Waals surface area contributed by atoms with E-state index in [2.05, 4.69) is 39.3 Å². The monoisotopic (exact) mass is 153 g/mol.